The lowest BCUT2D eigenvalue weighted by molar-refractivity contribution is 0.0954. The highest BCUT2D eigenvalue weighted by Crippen LogP contribution is 2.17. The molecule has 1 aromatic heterocycles. The van der Waals surface area contributed by atoms with Crippen LogP contribution in [0, 0.1) is 5.92 Å². The van der Waals surface area contributed by atoms with Crippen LogP contribution in [0.4, 0.5) is 0 Å². The Morgan fingerprint density at radius 2 is 2.21 bits per heavy atom. The number of aliphatic hydroxyl groups excluding tert-OH is 1. The van der Waals surface area contributed by atoms with E-state index in [0.717, 1.165) is 23.7 Å². The van der Waals surface area contributed by atoms with Crippen molar-refractivity contribution in [2.75, 3.05) is 13.2 Å². The molecule has 0 saturated heterocycles. The number of fused-ring (bicyclic) bond motifs is 1. The molecule has 0 fully saturated rings. The Labute approximate surface area is 112 Å². The number of aromatic nitrogens is 1. The van der Waals surface area contributed by atoms with E-state index in [1.165, 1.54) is 0 Å². The molecule has 0 bridgehead atoms. The number of hydrogen-bond acceptors (Lipinski definition) is 2. The zero-order valence-electron chi connectivity index (χ0n) is 11.1. The van der Waals surface area contributed by atoms with E-state index in [2.05, 4.69) is 10.3 Å². The van der Waals surface area contributed by atoms with Crippen LogP contribution >= 0.6 is 0 Å². The van der Waals surface area contributed by atoms with E-state index in [0.29, 0.717) is 18.0 Å². The molecule has 2 rings (SSSR count). The lowest BCUT2D eigenvalue weighted by Crippen LogP contribution is -2.24. The summed E-state index contributed by atoms with van der Waals surface area (Å²) >= 11 is 0. The van der Waals surface area contributed by atoms with Gasteiger partial charge in [-0.2, -0.15) is 0 Å². The predicted octanol–water partition coefficient (Wildman–Crippen LogP) is 2.31. The number of carbonyl (C=O) groups is 1. The highest BCUT2D eigenvalue weighted by molar-refractivity contribution is 6.06. The van der Waals surface area contributed by atoms with Gasteiger partial charge in [-0.25, -0.2) is 0 Å². The summed E-state index contributed by atoms with van der Waals surface area (Å²) < 4.78 is 0. The molecule has 0 spiro atoms. The lowest BCUT2D eigenvalue weighted by atomic mass is 10.1. The van der Waals surface area contributed by atoms with Crippen LogP contribution in [0.15, 0.2) is 30.5 Å². The number of benzene rings is 1. The maximum Gasteiger partial charge on any atom is 0.253 e. The monoisotopic (exact) mass is 260 g/mol. The molecule has 1 heterocycles. The van der Waals surface area contributed by atoms with E-state index in [1.807, 2.05) is 31.2 Å². The van der Waals surface area contributed by atoms with Crippen molar-refractivity contribution in [3.63, 3.8) is 0 Å². The number of hydrogen-bond donors (Lipinski definition) is 3. The number of H-pyrrole nitrogens is 1. The van der Waals surface area contributed by atoms with Crippen molar-refractivity contribution < 1.29 is 9.90 Å². The van der Waals surface area contributed by atoms with Gasteiger partial charge in [0.05, 0.1) is 5.56 Å². The number of aromatic amines is 1. The Morgan fingerprint density at radius 1 is 1.42 bits per heavy atom. The minimum absolute atomic E-state index is 0.0471. The molecule has 1 aromatic carbocycles. The van der Waals surface area contributed by atoms with Gasteiger partial charge >= 0.3 is 0 Å². The predicted molar refractivity (Wildman–Crippen MR) is 76.1 cm³/mol. The van der Waals surface area contributed by atoms with E-state index < -0.39 is 0 Å². The molecule has 102 valence electrons. The van der Waals surface area contributed by atoms with E-state index in [-0.39, 0.29) is 12.5 Å². The third-order valence-corrected chi connectivity index (χ3v) is 3.30. The topological polar surface area (TPSA) is 65.1 Å². The molecule has 19 heavy (non-hydrogen) atoms. The molecule has 4 heteroatoms. The molecule has 0 saturated carbocycles. The zero-order valence-corrected chi connectivity index (χ0v) is 11.1. The van der Waals surface area contributed by atoms with Crippen LogP contribution in [0.1, 0.15) is 30.1 Å². The first-order valence-corrected chi connectivity index (χ1v) is 6.67. The summed E-state index contributed by atoms with van der Waals surface area (Å²) in [6.07, 6.45) is 3.55. The van der Waals surface area contributed by atoms with Crippen LogP contribution in [0.25, 0.3) is 10.9 Å². The Kier molecular flexibility index (Phi) is 4.58. The standard InChI is InChI=1S/C15H20N2O2/c1-11(10-18)5-4-8-16-15(19)13-9-17-14-7-3-2-6-12(13)14/h2-3,6-7,9,11,17-18H,4-5,8,10H2,1H3,(H,16,19). The number of aliphatic hydroxyl groups is 1. The van der Waals surface area contributed by atoms with Crippen LogP contribution < -0.4 is 5.32 Å². The van der Waals surface area contributed by atoms with Gasteiger partial charge in [-0.1, -0.05) is 25.1 Å². The van der Waals surface area contributed by atoms with E-state index in [4.69, 9.17) is 5.11 Å². The molecule has 0 aliphatic heterocycles. The molecule has 3 N–H and O–H groups in total. The smallest absolute Gasteiger partial charge is 0.253 e. The van der Waals surface area contributed by atoms with Crippen molar-refractivity contribution in [1.29, 1.82) is 0 Å². The quantitative estimate of drug-likeness (QED) is 0.698. The summed E-state index contributed by atoms with van der Waals surface area (Å²) in [6, 6.07) is 7.76. The van der Waals surface area contributed by atoms with Crippen molar-refractivity contribution in [1.82, 2.24) is 10.3 Å². The van der Waals surface area contributed by atoms with Crippen molar-refractivity contribution in [2.45, 2.75) is 19.8 Å². The first kappa shape index (κ1) is 13.6. The van der Waals surface area contributed by atoms with Crippen LogP contribution in [-0.4, -0.2) is 29.1 Å². The van der Waals surface area contributed by atoms with Crippen molar-refractivity contribution in [3.05, 3.63) is 36.0 Å². The van der Waals surface area contributed by atoms with Gasteiger partial charge < -0.3 is 15.4 Å². The molecule has 0 radical (unpaired) electrons. The molecule has 1 unspecified atom stereocenters. The maximum atomic E-state index is 12.1. The second-order valence-corrected chi connectivity index (χ2v) is 4.93. The summed E-state index contributed by atoms with van der Waals surface area (Å²) in [7, 11) is 0. The third kappa shape index (κ3) is 3.35. The van der Waals surface area contributed by atoms with Crippen molar-refractivity contribution in [3.8, 4) is 0 Å². The first-order valence-electron chi connectivity index (χ1n) is 6.67. The number of para-hydroxylation sites is 1. The minimum Gasteiger partial charge on any atom is -0.396 e. The van der Waals surface area contributed by atoms with Crippen molar-refractivity contribution >= 4 is 16.8 Å². The van der Waals surface area contributed by atoms with E-state index in [9.17, 15) is 4.79 Å². The van der Waals surface area contributed by atoms with Gasteiger partial charge in [0.15, 0.2) is 0 Å². The summed E-state index contributed by atoms with van der Waals surface area (Å²) in [4.78, 5) is 15.1. The van der Waals surface area contributed by atoms with Gasteiger partial charge in [0.1, 0.15) is 0 Å². The summed E-state index contributed by atoms with van der Waals surface area (Å²) in [5, 5.41) is 12.8. The van der Waals surface area contributed by atoms with Crippen LogP contribution in [0.5, 0.6) is 0 Å². The zero-order chi connectivity index (χ0) is 13.7. The molecular formula is C15H20N2O2. The van der Waals surface area contributed by atoms with Gasteiger partial charge in [0.2, 0.25) is 0 Å². The molecule has 1 atom stereocenters. The molecule has 2 aromatic rings. The Hall–Kier alpha value is -1.81. The molecule has 1 amide bonds. The fraction of sp³-hybridized carbons (Fsp3) is 0.400. The molecule has 0 aliphatic carbocycles. The Bertz CT molecular complexity index is 548. The normalized spacial score (nSPS) is 12.5. The fourth-order valence-corrected chi connectivity index (χ4v) is 2.10. The Balaban J connectivity index is 1.90. The summed E-state index contributed by atoms with van der Waals surface area (Å²) in [5.74, 6) is 0.249. The average Bonchev–Trinajstić information content (AvgIpc) is 2.87. The number of nitrogens with one attached hydrogen (secondary N) is 2. The summed E-state index contributed by atoms with van der Waals surface area (Å²) in [5.41, 5.74) is 1.66. The largest absolute Gasteiger partial charge is 0.396 e. The third-order valence-electron chi connectivity index (χ3n) is 3.30. The van der Waals surface area contributed by atoms with Gasteiger partial charge in [0.25, 0.3) is 5.91 Å². The van der Waals surface area contributed by atoms with E-state index in [1.54, 1.807) is 6.20 Å². The highest BCUT2D eigenvalue weighted by Gasteiger charge is 2.10. The second kappa shape index (κ2) is 6.38. The van der Waals surface area contributed by atoms with Gasteiger partial charge in [-0.3, -0.25) is 4.79 Å². The minimum atomic E-state index is -0.0471. The maximum absolute atomic E-state index is 12.1. The molecule has 4 nitrogen and oxygen atoms in total. The second-order valence-electron chi connectivity index (χ2n) is 4.93. The van der Waals surface area contributed by atoms with Crippen LogP contribution in [0.3, 0.4) is 0 Å². The van der Waals surface area contributed by atoms with Gasteiger partial charge in [-0.05, 0) is 24.8 Å². The first-order chi connectivity index (χ1) is 9.22. The summed E-state index contributed by atoms with van der Waals surface area (Å²) in [6.45, 7) is 2.85. The number of amides is 1. The number of carbonyl (C=O) groups excluding carboxylic acids is 1. The lowest BCUT2D eigenvalue weighted by Gasteiger charge is -2.08. The van der Waals surface area contributed by atoms with Gasteiger partial charge in [0, 0.05) is 30.3 Å². The van der Waals surface area contributed by atoms with Crippen molar-refractivity contribution in [2.24, 2.45) is 5.92 Å². The number of rotatable bonds is 6. The average molecular weight is 260 g/mol. The van der Waals surface area contributed by atoms with Crippen LogP contribution in [0.2, 0.25) is 0 Å². The van der Waals surface area contributed by atoms with E-state index >= 15 is 0 Å². The van der Waals surface area contributed by atoms with Crippen LogP contribution in [-0.2, 0) is 0 Å². The highest BCUT2D eigenvalue weighted by atomic mass is 16.3. The van der Waals surface area contributed by atoms with Gasteiger partial charge in [-0.15, -0.1) is 0 Å². The molecule has 0 aliphatic rings. The molecular weight excluding hydrogens is 240 g/mol. The Morgan fingerprint density at radius 3 is 3.00 bits per heavy atom. The SMILES string of the molecule is CC(CO)CCCNC(=O)c1c[nH]c2ccccc12. The fourth-order valence-electron chi connectivity index (χ4n) is 2.10.